The lowest BCUT2D eigenvalue weighted by molar-refractivity contribution is -0.136. The number of aryl methyl sites for hydroxylation is 1. The van der Waals surface area contributed by atoms with E-state index < -0.39 is 6.04 Å². The van der Waals surface area contributed by atoms with E-state index in [1.807, 2.05) is 42.8 Å². The van der Waals surface area contributed by atoms with Crippen molar-refractivity contribution in [1.29, 1.82) is 0 Å². The molecule has 8 heteroatoms. The van der Waals surface area contributed by atoms with E-state index in [1.165, 1.54) is 11.8 Å². The lowest BCUT2D eigenvalue weighted by Crippen LogP contribution is -2.47. The summed E-state index contributed by atoms with van der Waals surface area (Å²) >= 11 is 7.39. The third-order valence-corrected chi connectivity index (χ3v) is 7.19. The van der Waals surface area contributed by atoms with Crippen LogP contribution in [-0.4, -0.2) is 44.6 Å². The molecule has 1 saturated heterocycles. The Bertz CT molecular complexity index is 1000. The van der Waals surface area contributed by atoms with E-state index in [9.17, 15) is 9.59 Å². The van der Waals surface area contributed by atoms with E-state index in [-0.39, 0.29) is 23.6 Å². The summed E-state index contributed by atoms with van der Waals surface area (Å²) < 4.78 is 2.05. The van der Waals surface area contributed by atoms with Crippen molar-refractivity contribution in [2.75, 3.05) is 12.3 Å². The quantitative estimate of drug-likeness (QED) is 0.664. The second-order valence-corrected chi connectivity index (χ2v) is 9.42. The topological polar surface area (TPSA) is 67.2 Å². The minimum absolute atomic E-state index is 0.0155. The van der Waals surface area contributed by atoms with E-state index in [4.69, 9.17) is 16.6 Å². The first-order valence-corrected chi connectivity index (χ1v) is 12.0. The highest BCUT2D eigenvalue weighted by atomic mass is 35.5. The van der Waals surface area contributed by atoms with Gasteiger partial charge in [0.25, 0.3) is 0 Å². The summed E-state index contributed by atoms with van der Waals surface area (Å²) in [5.74, 6) is 0.165. The van der Waals surface area contributed by atoms with Crippen molar-refractivity contribution in [1.82, 2.24) is 19.8 Å². The second-order valence-electron chi connectivity index (χ2n) is 8.04. The Kier molecular flexibility index (Phi) is 6.72. The number of nitrogens with one attached hydrogen (secondary N) is 1. The third-order valence-electron chi connectivity index (χ3n) is 5.93. The number of nitrogens with zero attached hydrogens (tertiary/aromatic N) is 3. The highest BCUT2D eigenvalue weighted by Gasteiger charge is 2.34. The molecule has 4 rings (SSSR count). The average molecular weight is 459 g/mol. The molecule has 1 aliphatic carbocycles. The summed E-state index contributed by atoms with van der Waals surface area (Å²) in [6, 6.07) is 6.87. The predicted molar refractivity (Wildman–Crippen MR) is 124 cm³/mol. The number of carbonyl (C=O) groups excluding carboxylic acids is 2. The number of rotatable bonds is 6. The normalized spacial score (nSPS) is 18.7. The largest absolute Gasteiger partial charge is 0.348 e. The standard InChI is InChI=1S/C23H27ClN4O2S/c1-15(16-9-11-17(24)12-10-16)25-22(30)20-8-5-13-28(20)21(29)14-31-23-26-18-6-3-4-7-19(18)27(23)2/h4,7,9-12,15,20H,3,5-6,8,13-14H2,1-2H3,(H,25,30)/t15-,20-/m0/s1. The fourth-order valence-electron chi connectivity index (χ4n) is 4.17. The molecule has 1 fully saturated rings. The zero-order valence-electron chi connectivity index (χ0n) is 17.8. The summed E-state index contributed by atoms with van der Waals surface area (Å²) in [7, 11) is 1.98. The first kappa shape index (κ1) is 22.0. The molecular formula is C23H27ClN4O2S. The number of allylic oxidation sites excluding steroid dienone is 1. The zero-order valence-corrected chi connectivity index (χ0v) is 19.4. The van der Waals surface area contributed by atoms with Crippen molar-refractivity contribution in [3.63, 3.8) is 0 Å². The number of imidazole rings is 1. The molecule has 2 aliphatic rings. The zero-order chi connectivity index (χ0) is 22.0. The van der Waals surface area contributed by atoms with Crippen LogP contribution in [0.2, 0.25) is 5.02 Å². The number of halogens is 1. The number of fused-ring (bicyclic) bond motifs is 1. The molecule has 1 aliphatic heterocycles. The Hall–Kier alpha value is -2.25. The maximum atomic E-state index is 12.9. The molecule has 164 valence electrons. The van der Waals surface area contributed by atoms with Gasteiger partial charge >= 0.3 is 0 Å². The summed E-state index contributed by atoms with van der Waals surface area (Å²) in [5, 5.41) is 4.56. The Balaban J connectivity index is 1.36. The monoisotopic (exact) mass is 458 g/mol. The van der Waals surface area contributed by atoms with Gasteiger partial charge in [-0.15, -0.1) is 0 Å². The number of carbonyl (C=O) groups is 2. The Morgan fingerprint density at radius 2 is 2.10 bits per heavy atom. The molecule has 0 radical (unpaired) electrons. The molecule has 0 saturated carbocycles. The van der Waals surface area contributed by atoms with Crippen LogP contribution < -0.4 is 5.32 Å². The van der Waals surface area contributed by atoms with Gasteiger partial charge in [-0.05, 0) is 56.4 Å². The Morgan fingerprint density at radius 1 is 1.32 bits per heavy atom. The fourth-order valence-corrected chi connectivity index (χ4v) is 5.18. The molecule has 6 nitrogen and oxygen atoms in total. The highest BCUT2D eigenvalue weighted by molar-refractivity contribution is 7.99. The lowest BCUT2D eigenvalue weighted by Gasteiger charge is -2.25. The molecule has 0 spiro atoms. The smallest absolute Gasteiger partial charge is 0.243 e. The maximum absolute atomic E-state index is 12.9. The minimum Gasteiger partial charge on any atom is -0.348 e. The van der Waals surface area contributed by atoms with Gasteiger partial charge in [0.2, 0.25) is 11.8 Å². The molecule has 0 bridgehead atoms. The van der Waals surface area contributed by atoms with Crippen LogP contribution in [0.15, 0.2) is 35.5 Å². The molecule has 2 atom stereocenters. The van der Waals surface area contributed by atoms with Gasteiger partial charge in [0.05, 0.1) is 23.2 Å². The van der Waals surface area contributed by atoms with Crippen molar-refractivity contribution in [3.05, 3.63) is 52.3 Å². The predicted octanol–water partition coefficient (Wildman–Crippen LogP) is 3.99. The van der Waals surface area contributed by atoms with Crippen LogP contribution in [0.5, 0.6) is 0 Å². The van der Waals surface area contributed by atoms with Gasteiger partial charge < -0.3 is 14.8 Å². The van der Waals surface area contributed by atoms with Crippen LogP contribution in [0.4, 0.5) is 0 Å². The van der Waals surface area contributed by atoms with E-state index in [2.05, 4.69) is 17.5 Å². The average Bonchev–Trinajstić information content (AvgIpc) is 3.38. The van der Waals surface area contributed by atoms with Crippen molar-refractivity contribution >= 4 is 41.3 Å². The third kappa shape index (κ3) is 4.83. The van der Waals surface area contributed by atoms with Crippen molar-refractivity contribution in [2.24, 2.45) is 7.05 Å². The van der Waals surface area contributed by atoms with Crippen molar-refractivity contribution in [2.45, 2.75) is 49.8 Å². The van der Waals surface area contributed by atoms with Crippen molar-refractivity contribution < 1.29 is 9.59 Å². The van der Waals surface area contributed by atoms with Crippen LogP contribution in [0, 0.1) is 0 Å². The molecule has 1 aromatic heterocycles. The van der Waals surface area contributed by atoms with Gasteiger partial charge in [-0.3, -0.25) is 9.59 Å². The molecule has 2 heterocycles. The number of amides is 2. The van der Waals surface area contributed by atoms with Crippen LogP contribution in [0.3, 0.4) is 0 Å². The first-order chi connectivity index (χ1) is 14.9. The van der Waals surface area contributed by atoms with Crippen molar-refractivity contribution in [3.8, 4) is 0 Å². The molecule has 31 heavy (non-hydrogen) atoms. The van der Waals surface area contributed by atoms with E-state index in [0.29, 0.717) is 18.0 Å². The number of benzene rings is 1. The minimum atomic E-state index is -0.416. The van der Waals surface area contributed by atoms with Crippen LogP contribution in [0.1, 0.15) is 49.2 Å². The summed E-state index contributed by atoms with van der Waals surface area (Å²) in [6.07, 6.45) is 7.73. The van der Waals surface area contributed by atoms with Gasteiger partial charge in [0.15, 0.2) is 5.16 Å². The van der Waals surface area contributed by atoms with E-state index in [0.717, 1.165) is 41.4 Å². The number of likely N-dealkylation sites (tertiary alicyclic amines) is 1. The van der Waals surface area contributed by atoms with Crippen LogP contribution >= 0.6 is 23.4 Å². The molecule has 2 aromatic rings. The summed E-state index contributed by atoms with van der Waals surface area (Å²) in [6.45, 7) is 2.56. The van der Waals surface area contributed by atoms with Gasteiger partial charge in [-0.1, -0.05) is 41.6 Å². The number of aromatic nitrogens is 2. The first-order valence-electron chi connectivity index (χ1n) is 10.6. The molecular weight excluding hydrogens is 432 g/mol. The van der Waals surface area contributed by atoms with Gasteiger partial charge in [0, 0.05) is 18.6 Å². The second kappa shape index (κ2) is 9.49. The summed E-state index contributed by atoms with van der Waals surface area (Å²) in [5.41, 5.74) is 3.20. The van der Waals surface area contributed by atoms with Gasteiger partial charge in [-0.25, -0.2) is 4.98 Å². The Morgan fingerprint density at radius 3 is 2.84 bits per heavy atom. The van der Waals surface area contributed by atoms with Gasteiger partial charge in [-0.2, -0.15) is 0 Å². The molecule has 0 unspecified atom stereocenters. The van der Waals surface area contributed by atoms with E-state index >= 15 is 0 Å². The fraction of sp³-hybridized carbons (Fsp3) is 0.435. The molecule has 1 N–H and O–H groups in total. The number of hydrogen-bond donors (Lipinski definition) is 1. The number of thioether (sulfide) groups is 1. The Labute approximate surface area is 192 Å². The highest BCUT2D eigenvalue weighted by Crippen LogP contribution is 2.27. The molecule has 1 aromatic carbocycles. The molecule has 2 amide bonds. The lowest BCUT2D eigenvalue weighted by atomic mass is 10.1. The summed E-state index contributed by atoms with van der Waals surface area (Å²) in [4.78, 5) is 32.3. The van der Waals surface area contributed by atoms with Crippen LogP contribution in [-0.2, 0) is 23.1 Å². The van der Waals surface area contributed by atoms with E-state index in [1.54, 1.807) is 4.90 Å². The SMILES string of the molecule is C[C@H](NC(=O)[C@@H]1CCCN1C(=O)CSc1nc2c(n1C)C=CCC2)c1ccc(Cl)cc1. The van der Waals surface area contributed by atoms with Crippen LogP contribution in [0.25, 0.3) is 6.08 Å². The maximum Gasteiger partial charge on any atom is 0.243 e. The van der Waals surface area contributed by atoms with Gasteiger partial charge in [0.1, 0.15) is 6.04 Å². The number of hydrogen-bond acceptors (Lipinski definition) is 4.